The van der Waals surface area contributed by atoms with Crippen LogP contribution in [0.1, 0.15) is 61.1 Å². The van der Waals surface area contributed by atoms with Gasteiger partial charge in [0, 0.05) is 37.5 Å². The van der Waals surface area contributed by atoms with Gasteiger partial charge in [-0.25, -0.2) is 8.99 Å². The van der Waals surface area contributed by atoms with E-state index in [1.165, 1.54) is 7.05 Å². The van der Waals surface area contributed by atoms with Crippen molar-refractivity contribution in [2.24, 2.45) is 5.41 Å². The average molecular weight is 509 g/mol. The van der Waals surface area contributed by atoms with Crippen molar-refractivity contribution >= 4 is 38.4 Å². The minimum Gasteiger partial charge on any atom is -0.440 e. The summed E-state index contributed by atoms with van der Waals surface area (Å²) in [6.07, 6.45) is 2.04. The average Bonchev–Trinajstić information content (AvgIpc) is 2.99. The summed E-state index contributed by atoms with van der Waals surface area (Å²) in [6.45, 7) is 10.0. The summed E-state index contributed by atoms with van der Waals surface area (Å²) >= 11 is 0. The van der Waals surface area contributed by atoms with Crippen molar-refractivity contribution in [3.8, 4) is 0 Å². The highest BCUT2D eigenvalue weighted by Crippen LogP contribution is 2.38. The molecule has 5 rings (SSSR count). The maximum Gasteiger partial charge on any atom is 0.269 e. The minimum atomic E-state index is -3.35. The second-order valence-electron chi connectivity index (χ2n) is 10.7. The van der Waals surface area contributed by atoms with Gasteiger partial charge in [0.25, 0.3) is 5.91 Å². The van der Waals surface area contributed by atoms with Gasteiger partial charge in [-0.2, -0.15) is 0 Å². The van der Waals surface area contributed by atoms with Crippen LogP contribution in [0.2, 0.25) is 0 Å². The van der Waals surface area contributed by atoms with E-state index in [1.807, 2.05) is 26.0 Å². The third-order valence-electron chi connectivity index (χ3n) is 7.47. The lowest BCUT2D eigenvalue weighted by molar-refractivity contribution is 0.0894. The van der Waals surface area contributed by atoms with Crippen LogP contribution < -0.4 is 15.6 Å². The second kappa shape index (κ2) is 8.37. The first kappa shape index (κ1) is 24.4. The lowest BCUT2D eigenvalue weighted by Gasteiger charge is -2.37. The van der Waals surface area contributed by atoms with E-state index in [0.717, 1.165) is 41.4 Å². The Bertz CT molecular complexity index is 1550. The third-order valence-corrected chi connectivity index (χ3v) is 9.34. The molecule has 2 aliphatic heterocycles. The molecule has 3 heterocycles. The van der Waals surface area contributed by atoms with E-state index in [1.54, 1.807) is 24.3 Å². The van der Waals surface area contributed by atoms with Crippen molar-refractivity contribution in [2.75, 3.05) is 30.4 Å². The Kier molecular flexibility index (Phi) is 5.66. The Hall–Kier alpha value is -3.33. The van der Waals surface area contributed by atoms with Crippen LogP contribution in [0.3, 0.4) is 0 Å². The van der Waals surface area contributed by atoms with Gasteiger partial charge in [-0.3, -0.25) is 13.9 Å². The van der Waals surface area contributed by atoms with Crippen LogP contribution in [0, 0.1) is 17.1 Å². The molecule has 2 atom stereocenters. The van der Waals surface area contributed by atoms with Crippen molar-refractivity contribution in [1.29, 1.82) is 4.78 Å². The van der Waals surface area contributed by atoms with Crippen molar-refractivity contribution in [1.82, 2.24) is 4.31 Å². The zero-order chi connectivity index (χ0) is 26.0. The highest BCUT2D eigenvalue weighted by Gasteiger charge is 2.38. The molecule has 0 radical (unpaired) electrons. The summed E-state index contributed by atoms with van der Waals surface area (Å²) in [5.41, 5.74) is 3.19. The van der Waals surface area contributed by atoms with E-state index in [2.05, 4.69) is 24.1 Å². The molecule has 2 aliphatic rings. The fraction of sp³-hybridized carbons (Fsp3) is 0.407. The molecule has 8 nitrogen and oxygen atoms in total. The van der Waals surface area contributed by atoms with Crippen molar-refractivity contribution < 1.29 is 13.4 Å². The molecule has 9 heteroatoms. The molecule has 2 aromatic carbocycles. The Balaban J connectivity index is 1.56. The lowest BCUT2D eigenvalue weighted by Crippen LogP contribution is -2.37. The second-order valence-corrected chi connectivity index (χ2v) is 12.7. The smallest absolute Gasteiger partial charge is 0.269 e. The van der Waals surface area contributed by atoms with Crippen LogP contribution in [0.5, 0.6) is 0 Å². The van der Waals surface area contributed by atoms with Gasteiger partial charge in [-0.05, 0) is 55.9 Å². The predicted molar refractivity (Wildman–Crippen MR) is 142 cm³/mol. The molecule has 190 valence electrons. The van der Waals surface area contributed by atoms with Gasteiger partial charge in [0.1, 0.15) is 5.58 Å². The maximum absolute atomic E-state index is 13.1. The monoisotopic (exact) mass is 508 g/mol. The maximum atomic E-state index is 13.1. The van der Waals surface area contributed by atoms with E-state index in [4.69, 9.17) is 9.20 Å². The van der Waals surface area contributed by atoms with Crippen LogP contribution in [0.15, 0.2) is 50.5 Å². The van der Waals surface area contributed by atoms with Crippen molar-refractivity contribution in [3.63, 3.8) is 0 Å². The number of carbonyl (C=O) groups excluding carboxylic acids is 1. The van der Waals surface area contributed by atoms with Crippen LogP contribution >= 0.6 is 0 Å². The van der Waals surface area contributed by atoms with Crippen LogP contribution in [-0.4, -0.2) is 34.6 Å². The quantitative estimate of drug-likeness (QED) is 0.495. The van der Waals surface area contributed by atoms with Crippen molar-refractivity contribution in [2.45, 2.75) is 51.5 Å². The Morgan fingerprint density at radius 2 is 1.83 bits per heavy atom. The highest BCUT2D eigenvalue weighted by atomic mass is 32.2. The number of fused-ring (bicyclic) bond motifs is 2. The van der Waals surface area contributed by atoms with Crippen LogP contribution in [-0.2, 0) is 9.92 Å². The summed E-state index contributed by atoms with van der Waals surface area (Å²) in [5, 5.41) is 3.88. The molecule has 0 bridgehead atoms. The van der Waals surface area contributed by atoms with Gasteiger partial charge in [-0.1, -0.05) is 26.0 Å². The standard InChI is InChI=1S/C27H32N4O4S/c1-16-13-18(17(2)29-20-7-6-8-22-24(20)26(33)30(5)36(22,28)34)25-19(14-16)21(32)15-23(35-25)31-11-9-27(3,4)10-12-31/h6-8,13-15,17,28-29H,9-12H2,1-5H3/t17-,36+/m1/s1. The van der Waals surface area contributed by atoms with E-state index in [0.29, 0.717) is 22.5 Å². The number of carbonyl (C=O) groups is 1. The number of hydrogen-bond acceptors (Lipinski definition) is 7. The van der Waals surface area contributed by atoms with Gasteiger partial charge in [0.2, 0.25) is 0 Å². The first-order valence-electron chi connectivity index (χ1n) is 12.2. The Morgan fingerprint density at radius 1 is 1.14 bits per heavy atom. The number of hydrogen-bond donors (Lipinski definition) is 2. The molecule has 0 spiro atoms. The Labute approximate surface area is 211 Å². The third kappa shape index (κ3) is 3.95. The molecule has 2 N–H and O–H groups in total. The van der Waals surface area contributed by atoms with Crippen LogP contribution in [0.25, 0.3) is 11.0 Å². The van der Waals surface area contributed by atoms with Crippen molar-refractivity contribution in [3.05, 3.63) is 63.3 Å². The summed E-state index contributed by atoms with van der Waals surface area (Å²) in [7, 11) is -1.97. The van der Waals surface area contributed by atoms with Gasteiger partial charge < -0.3 is 14.6 Å². The van der Waals surface area contributed by atoms with E-state index < -0.39 is 15.8 Å². The molecule has 1 aromatic heterocycles. The normalized spacial score (nSPS) is 22.1. The lowest BCUT2D eigenvalue weighted by atomic mass is 9.83. The van der Waals surface area contributed by atoms with E-state index in [9.17, 15) is 13.8 Å². The molecule has 0 saturated carbocycles. The van der Waals surface area contributed by atoms with E-state index >= 15 is 0 Å². The van der Waals surface area contributed by atoms with E-state index in [-0.39, 0.29) is 27.3 Å². The number of rotatable bonds is 4. The molecular weight excluding hydrogens is 476 g/mol. The number of piperidine rings is 1. The number of nitrogens with zero attached hydrogens (tertiary/aromatic N) is 2. The zero-order valence-corrected chi connectivity index (χ0v) is 22.1. The summed E-state index contributed by atoms with van der Waals surface area (Å²) in [6, 6.07) is 10.1. The van der Waals surface area contributed by atoms with Gasteiger partial charge in [-0.15, -0.1) is 0 Å². The Morgan fingerprint density at radius 3 is 2.53 bits per heavy atom. The van der Waals surface area contributed by atoms with Gasteiger partial charge in [0.05, 0.1) is 21.9 Å². The first-order valence-corrected chi connectivity index (χ1v) is 13.7. The molecule has 0 unspecified atom stereocenters. The number of nitrogens with one attached hydrogen (secondary N) is 2. The number of anilines is 2. The molecule has 1 saturated heterocycles. The summed E-state index contributed by atoms with van der Waals surface area (Å²) in [4.78, 5) is 28.3. The molecule has 1 amide bonds. The SMILES string of the molecule is Cc1cc([C@@H](C)Nc2cccc3c2C(=O)N(C)[S@]3(=N)=O)c2oc(N3CCC(C)(C)CC3)cc(=O)c2c1. The van der Waals surface area contributed by atoms with Gasteiger partial charge in [0.15, 0.2) is 21.2 Å². The number of amides is 1. The van der Waals surface area contributed by atoms with Gasteiger partial charge >= 0.3 is 0 Å². The minimum absolute atomic E-state index is 0.0837. The molecular formula is C27H32N4O4S. The number of aryl methyl sites for hydroxylation is 1. The molecule has 36 heavy (non-hydrogen) atoms. The zero-order valence-electron chi connectivity index (χ0n) is 21.3. The van der Waals surface area contributed by atoms with Crippen LogP contribution in [0.4, 0.5) is 11.6 Å². The largest absolute Gasteiger partial charge is 0.440 e. The summed E-state index contributed by atoms with van der Waals surface area (Å²) < 4.78 is 28.4. The summed E-state index contributed by atoms with van der Waals surface area (Å²) in [5.74, 6) is 0.128. The number of benzene rings is 2. The molecule has 0 aliphatic carbocycles. The topological polar surface area (TPSA) is 107 Å². The fourth-order valence-corrected chi connectivity index (χ4v) is 6.42. The predicted octanol–water partition coefficient (Wildman–Crippen LogP) is 5.31. The fourth-order valence-electron chi connectivity index (χ4n) is 5.07. The highest BCUT2D eigenvalue weighted by molar-refractivity contribution is 7.91. The molecule has 1 fully saturated rings. The molecule has 3 aromatic rings. The first-order chi connectivity index (χ1) is 16.9.